The van der Waals surface area contributed by atoms with Crippen LogP contribution in [0.3, 0.4) is 0 Å². The minimum atomic E-state index is -3.21. The Morgan fingerprint density at radius 3 is 2.25 bits per heavy atom. The van der Waals surface area contributed by atoms with E-state index in [0.29, 0.717) is 23.0 Å². The molecule has 0 amide bonds. The summed E-state index contributed by atoms with van der Waals surface area (Å²) in [6.07, 6.45) is 0.889. The normalized spacial score (nSPS) is 14.8. The fourth-order valence-corrected chi connectivity index (χ4v) is 6.40. The molecule has 2 aromatic rings. The van der Waals surface area contributed by atoms with Crippen LogP contribution >= 0.6 is 18.2 Å². The molecule has 0 aromatic heterocycles. The van der Waals surface area contributed by atoms with Crippen molar-refractivity contribution in [3.05, 3.63) is 54.6 Å². The first-order chi connectivity index (χ1) is 11.6. The zero-order valence-electron chi connectivity index (χ0n) is 13.7. The quantitative estimate of drug-likeness (QED) is 0.421. The standard InChI is InChI=1S/C17H21O4PS2/c1-3-14-23-22(18,20-4-2)21-15-10-12-17(13-11-15)24(19)16-8-6-5-7-9-16/h5-13H,3-4,14H2,1-2H3. The average Bonchev–Trinajstić information content (AvgIpc) is 2.61. The number of hydrogen-bond acceptors (Lipinski definition) is 5. The maximum absolute atomic E-state index is 12.6. The molecule has 0 aliphatic carbocycles. The molecule has 0 aliphatic rings. The summed E-state index contributed by atoms with van der Waals surface area (Å²) in [5, 5.41) is 0. The van der Waals surface area contributed by atoms with Gasteiger partial charge in [0.05, 0.1) is 6.61 Å². The molecule has 0 bridgehead atoms. The van der Waals surface area contributed by atoms with Crippen molar-refractivity contribution >= 4 is 29.4 Å². The lowest BCUT2D eigenvalue weighted by molar-refractivity contribution is 0.296. The van der Waals surface area contributed by atoms with Crippen molar-refractivity contribution in [2.75, 3.05) is 12.4 Å². The lowest BCUT2D eigenvalue weighted by atomic mass is 10.3. The van der Waals surface area contributed by atoms with Crippen LogP contribution in [0.4, 0.5) is 0 Å². The summed E-state index contributed by atoms with van der Waals surface area (Å²) in [5.41, 5.74) is 0. The Morgan fingerprint density at radius 2 is 1.67 bits per heavy atom. The highest BCUT2D eigenvalue weighted by atomic mass is 32.7. The largest absolute Gasteiger partial charge is 0.606 e. The van der Waals surface area contributed by atoms with Gasteiger partial charge in [-0.2, -0.15) is 0 Å². The van der Waals surface area contributed by atoms with Crippen LogP contribution in [-0.4, -0.2) is 16.9 Å². The van der Waals surface area contributed by atoms with Gasteiger partial charge < -0.3 is 9.08 Å². The van der Waals surface area contributed by atoms with Crippen molar-refractivity contribution in [3.63, 3.8) is 0 Å². The van der Waals surface area contributed by atoms with Crippen LogP contribution in [0.5, 0.6) is 5.75 Å². The molecule has 0 heterocycles. The van der Waals surface area contributed by atoms with Gasteiger partial charge in [0.1, 0.15) is 5.75 Å². The molecule has 24 heavy (non-hydrogen) atoms. The zero-order chi connectivity index (χ0) is 17.4. The molecule has 2 rings (SSSR count). The molecule has 130 valence electrons. The number of hydrogen-bond donors (Lipinski definition) is 0. The smallest absolute Gasteiger partial charge is 0.440 e. The average molecular weight is 384 g/mol. The first-order valence-corrected chi connectivity index (χ1v) is 12.0. The molecule has 2 unspecified atom stereocenters. The monoisotopic (exact) mass is 384 g/mol. The Bertz CT molecular complexity index is 664. The topological polar surface area (TPSA) is 58.6 Å². The van der Waals surface area contributed by atoms with E-state index in [0.717, 1.165) is 11.3 Å². The van der Waals surface area contributed by atoms with E-state index in [4.69, 9.17) is 9.05 Å². The van der Waals surface area contributed by atoms with Crippen LogP contribution in [-0.2, 0) is 20.3 Å². The number of rotatable bonds is 9. The van der Waals surface area contributed by atoms with Gasteiger partial charge in [-0.1, -0.05) is 25.1 Å². The molecule has 2 aromatic carbocycles. The third-order valence-electron chi connectivity index (χ3n) is 2.95. The van der Waals surface area contributed by atoms with Crippen LogP contribution in [0.25, 0.3) is 0 Å². The maximum atomic E-state index is 12.6. The third-order valence-corrected chi connectivity index (χ3v) is 8.31. The molecule has 0 saturated carbocycles. The lowest BCUT2D eigenvalue weighted by Gasteiger charge is -2.17. The summed E-state index contributed by atoms with van der Waals surface area (Å²) in [6, 6.07) is 16.0. The highest BCUT2D eigenvalue weighted by Crippen LogP contribution is 2.60. The van der Waals surface area contributed by atoms with E-state index in [1.165, 1.54) is 11.4 Å². The summed E-state index contributed by atoms with van der Waals surface area (Å²) in [7, 11) is 0. The highest BCUT2D eigenvalue weighted by molar-refractivity contribution is 8.55. The molecule has 0 aliphatic heterocycles. The number of benzene rings is 2. The predicted octanol–water partition coefficient (Wildman–Crippen LogP) is 5.52. The van der Waals surface area contributed by atoms with E-state index < -0.39 is 18.0 Å². The Hall–Kier alpha value is -0.910. The molecule has 0 fully saturated rings. The Kier molecular flexibility index (Phi) is 7.72. The van der Waals surface area contributed by atoms with E-state index in [1.54, 1.807) is 31.2 Å². The molecule has 0 saturated heterocycles. The lowest BCUT2D eigenvalue weighted by Crippen LogP contribution is -2.02. The van der Waals surface area contributed by atoms with Gasteiger partial charge in [0.2, 0.25) is 0 Å². The van der Waals surface area contributed by atoms with Crippen molar-refractivity contribution < 1.29 is 18.2 Å². The highest BCUT2D eigenvalue weighted by Gasteiger charge is 2.26. The van der Waals surface area contributed by atoms with Gasteiger partial charge in [0.15, 0.2) is 9.79 Å². The molecule has 7 heteroatoms. The van der Waals surface area contributed by atoms with Crippen LogP contribution in [0.15, 0.2) is 64.4 Å². The molecular weight excluding hydrogens is 363 g/mol. The second-order valence-corrected chi connectivity index (χ2v) is 10.4. The van der Waals surface area contributed by atoms with Crippen LogP contribution < -0.4 is 4.52 Å². The molecule has 4 nitrogen and oxygen atoms in total. The van der Waals surface area contributed by atoms with Crippen LogP contribution in [0.1, 0.15) is 20.3 Å². The summed E-state index contributed by atoms with van der Waals surface area (Å²) < 4.78 is 36.0. The second kappa shape index (κ2) is 9.54. The minimum absolute atomic E-state index is 0.324. The van der Waals surface area contributed by atoms with E-state index in [9.17, 15) is 9.12 Å². The van der Waals surface area contributed by atoms with Gasteiger partial charge in [0.25, 0.3) is 0 Å². The Morgan fingerprint density at radius 1 is 1.04 bits per heavy atom. The van der Waals surface area contributed by atoms with Crippen LogP contribution in [0, 0.1) is 0 Å². The fourth-order valence-electron chi connectivity index (χ4n) is 1.88. The van der Waals surface area contributed by atoms with Crippen LogP contribution in [0.2, 0.25) is 0 Å². The van der Waals surface area contributed by atoms with Crippen molar-refractivity contribution in [1.29, 1.82) is 0 Å². The van der Waals surface area contributed by atoms with Crippen molar-refractivity contribution in [2.24, 2.45) is 0 Å². The SMILES string of the molecule is CCCSP(=O)(OCC)Oc1ccc([S+]([O-])c2ccccc2)cc1. The minimum Gasteiger partial charge on any atom is -0.606 e. The first-order valence-electron chi connectivity index (χ1n) is 7.73. The predicted molar refractivity (Wildman–Crippen MR) is 100 cm³/mol. The maximum Gasteiger partial charge on any atom is 0.440 e. The van der Waals surface area contributed by atoms with Crippen molar-refractivity contribution in [1.82, 2.24) is 0 Å². The molecule has 0 N–H and O–H groups in total. The third kappa shape index (κ3) is 5.57. The van der Waals surface area contributed by atoms with Crippen molar-refractivity contribution in [2.45, 2.75) is 30.1 Å². The molecule has 2 atom stereocenters. The van der Waals surface area contributed by atoms with E-state index >= 15 is 0 Å². The van der Waals surface area contributed by atoms with Gasteiger partial charge in [0, 0.05) is 16.9 Å². The van der Waals surface area contributed by atoms with Crippen molar-refractivity contribution in [3.8, 4) is 5.75 Å². The Balaban J connectivity index is 2.09. The molecular formula is C17H21O4PS2. The second-order valence-electron chi connectivity index (χ2n) is 4.84. The zero-order valence-corrected chi connectivity index (χ0v) is 16.2. The van der Waals surface area contributed by atoms with E-state index in [-0.39, 0.29) is 0 Å². The summed E-state index contributed by atoms with van der Waals surface area (Å²) >= 11 is -0.0457. The van der Waals surface area contributed by atoms with Gasteiger partial charge in [-0.3, -0.25) is 4.52 Å². The van der Waals surface area contributed by atoms with Gasteiger partial charge >= 0.3 is 6.80 Å². The van der Waals surface area contributed by atoms with E-state index in [1.807, 2.05) is 37.3 Å². The molecule has 0 radical (unpaired) electrons. The fraction of sp³-hybridized carbons (Fsp3) is 0.294. The summed E-state index contributed by atoms with van der Waals surface area (Å²) in [6.45, 7) is 0.907. The van der Waals surface area contributed by atoms with E-state index in [2.05, 4.69) is 0 Å². The molecule has 0 spiro atoms. The van der Waals surface area contributed by atoms with Gasteiger partial charge in [-0.05, 0) is 61.1 Å². The summed E-state index contributed by atoms with van der Waals surface area (Å²) in [5.74, 6) is 1.15. The summed E-state index contributed by atoms with van der Waals surface area (Å²) in [4.78, 5) is 1.41. The Labute approximate surface area is 150 Å². The first kappa shape index (κ1) is 19.4. The van der Waals surface area contributed by atoms with Gasteiger partial charge in [-0.25, -0.2) is 4.57 Å². The van der Waals surface area contributed by atoms with Gasteiger partial charge in [-0.15, -0.1) is 0 Å².